The van der Waals surface area contributed by atoms with Crippen LogP contribution < -0.4 is 5.32 Å². The summed E-state index contributed by atoms with van der Waals surface area (Å²) in [6.07, 6.45) is 10.4. The molecule has 2 aromatic rings. The summed E-state index contributed by atoms with van der Waals surface area (Å²) in [5, 5.41) is 4.33. The molecule has 28 heavy (non-hydrogen) atoms. The van der Waals surface area contributed by atoms with Gasteiger partial charge in [0.05, 0.1) is 5.92 Å². The monoisotopic (exact) mass is 381 g/mol. The number of amides is 2. The van der Waals surface area contributed by atoms with E-state index in [0.29, 0.717) is 32.0 Å². The number of aromatic nitrogens is 1. The van der Waals surface area contributed by atoms with E-state index in [0.717, 1.165) is 19.4 Å². The molecule has 5 heteroatoms. The second kappa shape index (κ2) is 8.80. The van der Waals surface area contributed by atoms with Crippen molar-refractivity contribution in [2.24, 2.45) is 5.92 Å². The third-order valence-corrected chi connectivity index (χ3v) is 6.41. The summed E-state index contributed by atoms with van der Waals surface area (Å²) in [6, 6.07) is 10.7. The molecule has 2 amide bonds. The summed E-state index contributed by atoms with van der Waals surface area (Å²) in [7, 11) is 0. The molecule has 2 fully saturated rings. The summed E-state index contributed by atoms with van der Waals surface area (Å²) in [6.45, 7) is 1.98. The molecular weight excluding hydrogens is 350 g/mol. The number of hydrogen-bond donors (Lipinski definition) is 1. The van der Waals surface area contributed by atoms with Crippen molar-refractivity contribution < 1.29 is 9.59 Å². The van der Waals surface area contributed by atoms with Crippen molar-refractivity contribution in [1.82, 2.24) is 14.8 Å². The van der Waals surface area contributed by atoms with E-state index in [-0.39, 0.29) is 17.7 Å². The maximum absolute atomic E-state index is 12.7. The first-order chi connectivity index (χ1) is 13.7. The molecule has 1 aromatic heterocycles. The molecule has 1 aliphatic heterocycles. The lowest BCUT2D eigenvalue weighted by Gasteiger charge is -2.37. The topological polar surface area (TPSA) is 54.3 Å². The minimum absolute atomic E-state index is 0.0673. The molecule has 1 saturated heterocycles. The Balaban J connectivity index is 1.31. The normalized spacial score (nSPS) is 21.6. The Hall–Kier alpha value is -2.30. The lowest BCUT2D eigenvalue weighted by molar-refractivity contribution is -0.141. The Kier molecular flexibility index (Phi) is 5.98. The fourth-order valence-electron chi connectivity index (χ4n) is 4.79. The molecule has 1 N–H and O–H groups in total. The van der Waals surface area contributed by atoms with Gasteiger partial charge in [0.2, 0.25) is 11.8 Å². The van der Waals surface area contributed by atoms with Crippen LogP contribution in [0.5, 0.6) is 0 Å². The van der Waals surface area contributed by atoms with Gasteiger partial charge in [-0.25, -0.2) is 0 Å². The van der Waals surface area contributed by atoms with E-state index in [4.69, 9.17) is 0 Å². The minimum atomic E-state index is -0.0673. The highest BCUT2D eigenvalue weighted by Crippen LogP contribution is 2.27. The summed E-state index contributed by atoms with van der Waals surface area (Å²) in [5.74, 6) is 0.278. The zero-order chi connectivity index (χ0) is 19.3. The Bertz CT molecular complexity index is 820. The molecule has 2 aliphatic rings. The number of carbonyl (C=O) groups is 2. The molecule has 4 rings (SSSR count). The zero-order valence-electron chi connectivity index (χ0n) is 16.6. The van der Waals surface area contributed by atoms with Gasteiger partial charge in [-0.3, -0.25) is 9.59 Å². The van der Waals surface area contributed by atoms with Gasteiger partial charge in [-0.2, -0.15) is 0 Å². The van der Waals surface area contributed by atoms with Gasteiger partial charge < -0.3 is 14.8 Å². The molecule has 0 bridgehead atoms. The lowest BCUT2D eigenvalue weighted by Crippen LogP contribution is -2.50. The highest BCUT2D eigenvalue weighted by atomic mass is 16.2. The highest BCUT2D eigenvalue weighted by Gasteiger charge is 2.34. The van der Waals surface area contributed by atoms with Crippen molar-refractivity contribution in [1.29, 1.82) is 0 Å². The summed E-state index contributed by atoms with van der Waals surface area (Å²) in [4.78, 5) is 27.2. The van der Waals surface area contributed by atoms with E-state index in [1.54, 1.807) is 0 Å². The van der Waals surface area contributed by atoms with Gasteiger partial charge in [-0.05, 0) is 36.8 Å². The average molecular weight is 382 g/mol. The molecule has 2 heterocycles. The average Bonchev–Trinajstić information content (AvgIpc) is 2.93. The zero-order valence-corrected chi connectivity index (χ0v) is 16.6. The summed E-state index contributed by atoms with van der Waals surface area (Å²) >= 11 is 0. The van der Waals surface area contributed by atoms with E-state index >= 15 is 0 Å². The van der Waals surface area contributed by atoms with Crippen LogP contribution in [0, 0.1) is 5.92 Å². The fraction of sp³-hybridized carbons (Fsp3) is 0.565. The molecule has 150 valence electrons. The maximum Gasteiger partial charge on any atom is 0.224 e. The fourth-order valence-corrected chi connectivity index (χ4v) is 4.79. The number of fused-ring (bicyclic) bond motifs is 1. The van der Waals surface area contributed by atoms with Gasteiger partial charge in [0.15, 0.2) is 0 Å². The first-order valence-electron chi connectivity index (χ1n) is 10.8. The Morgan fingerprint density at radius 1 is 1.04 bits per heavy atom. The number of para-hydroxylation sites is 1. The van der Waals surface area contributed by atoms with Crippen molar-refractivity contribution in [2.75, 3.05) is 13.1 Å². The Labute approximate surface area is 167 Å². The first-order valence-corrected chi connectivity index (χ1v) is 10.8. The van der Waals surface area contributed by atoms with Crippen molar-refractivity contribution in [3.05, 3.63) is 36.5 Å². The Morgan fingerprint density at radius 3 is 2.64 bits per heavy atom. The van der Waals surface area contributed by atoms with Crippen LogP contribution in [0.1, 0.15) is 51.4 Å². The van der Waals surface area contributed by atoms with E-state index in [1.807, 2.05) is 17.0 Å². The van der Waals surface area contributed by atoms with Crippen LogP contribution >= 0.6 is 0 Å². The first kappa shape index (κ1) is 19.0. The minimum Gasteiger partial charge on any atom is -0.354 e. The van der Waals surface area contributed by atoms with Gasteiger partial charge in [-0.15, -0.1) is 0 Å². The highest BCUT2D eigenvalue weighted by molar-refractivity contribution is 5.84. The molecular formula is C23H31N3O2. The number of likely N-dealkylation sites (tertiary alicyclic amines) is 1. The largest absolute Gasteiger partial charge is 0.354 e. The Morgan fingerprint density at radius 2 is 1.82 bits per heavy atom. The van der Waals surface area contributed by atoms with Crippen molar-refractivity contribution in [3.8, 4) is 0 Å². The maximum atomic E-state index is 12.7. The number of benzene rings is 1. The van der Waals surface area contributed by atoms with Crippen molar-refractivity contribution in [2.45, 2.75) is 64.0 Å². The van der Waals surface area contributed by atoms with Gasteiger partial charge in [0.1, 0.15) is 0 Å². The van der Waals surface area contributed by atoms with Crippen molar-refractivity contribution in [3.63, 3.8) is 0 Å². The van der Waals surface area contributed by atoms with Gasteiger partial charge in [-0.1, -0.05) is 43.9 Å². The molecule has 1 aromatic carbocycles. The van der Waals surface area contributed by atoms with Crippen LogP contribution in [0.2, 0.25) is 0 Å². The van der Waals surface area contributed by atoms with Crippen LogP contribution in [0.4, 0.5) is 0 Å². The quantitative estimate of drug-likeness (QED) is 0.803. The third-order valence-electron chi connectivity index (χ3n) is 6.41. The number of rotatable bonds is 5. The van der Waals surface area contributed by atoms with Crippen molar-refractivity contribution >= 4 is 22.7 Å². The van der Waals surface area contributed by atoms with Crippen LogP contribution in [-0.2, 0) is 16.1 Å². The van der Waals surface area contributed by atoms with E-state index in [1.165, 1.54) is 36.6 Å². The summed E-state index contributed by atoms with van der Waals surface area (Å²) < 4.78 is 2.18. The smallest absolute Gasteiger partial charge is 0.224 e. The lowest BCUT2D eigenvalue weighted by atomic mass is 9.93. The number of piperidine rings is 1. The number of nitrogens with zero attached hydrogens (tertiary/aromatic N) is 2. The second-order valence-corrected chi connectivity index (χ2v) is 8.29. The molecule has 1 atom stereocenters. The van der Waals surface area contributed by atoms with Gasteiger partial charge >= 0.3 is 0 Å². The van der Waals surface area contributed by atoms with Crippen LogP contribution in [0.25, 0.3) is 10.9 Å². The van der Waals surface area contributed by atoms with Crippen LogP contribution in [0.3, 0.4) is 0 Å². The predicted molar refractivity (Wildman–Crippen MR) is 111 cm³/mol. The molecule has 1 aliphatic carbocycles. The van der Waals surface area contributed by atoms with E-state index in [9.17, 15) is 9.59 Å². The standard InChI is InChI=1S/C23H31N3O2/c27-22-12-11-19(17-26(22)20-8-3-1-2-4-9-20)23(28)24-14-16-25-15-13-18-7-5-6-10-21(18)25/h5-7,10,13,15,19-20H,1-4,8-9,11-12,14,16-17H2,(H,24,28). The summed E-state index contributed by atoms with van der Waals surface area (Å²) in [5.41, 5.74) is 1.19. The SMILES string of the molecule is O=C(NCCn1ccc2ccccc21)C1CCC(=O)N(C2CCCCCC2)C1. The van der Waals surface area contributed by atoms with Crippen LogP contribution in [-0.4, -0.2) is 40.4 Å². The predicted octanol–water partition coefficient (Wildman–Crippen LogP) is 3.72. The molecule has 1 saturated carbocycles. The third kappa shape index (κ3) is 4.23. The number of nitrogens with one attached hydrogen (secondary N) is 1. The van der Waals surface area contributed by atoms with Gasteiger partial charge in [0.25, 0.3) is 0 Å². The van der Waals surface area contributed by atoms with Gasteiger partial charge in [0, 0.05) is 43.8 Å². The molecule has 1 unspecified atom stereocenters. The number of hydrogen-bond acceptors (Lipinski definition) is 2. The number of carbonyl (C=O) groups excluding carboxylic acids is 2. The molecule has 0 spiro atoms. The van der Waals surface area contributed by atoms with E-state index in [2.05, 4.69) is 34.3 Å². The van der Waals surface area contributed by atoms with Crippen LogP contribution in [0.15, 0.2) is 36.5 Å². The second-order valence-electron chi connectivity index (χ2n) is 8.29. The van der Waals surface area contributed by atoms with E-state index < -0.39 is 0 Å². The molecule has 0 radical (unpaired) electrons. The molecule has 5 nitrogen and oxygen atoms in total.